The zero-order valence-electron chi connectivity index (χ0n) is 13.1. The van der Waals surface area contributed by atoms with Gasteiger partial charge in [0.1, 0.15) is 23.7 Å². The number of H-pyrrole nitrogens is 1. The van der Waals surface area contributed by atoms with Crippen LogP contribution in [-0.4, -0.2) is 29.7 Å². The molecule has 4 aromatic heterocycles. The Morgan fingerprint density at radius 1 is 1.27 bits per heavy atom. The van der Waals surface area contributed by atoms with Crippen molar-refractivity contribution in [3.63, 3.8) is 0 Å². The Balaban J connectivity index is 1.89. The minimum atomic E-state index is -0.797. The first kappa shape index (κ1) is 15.6. The summed E-state index contributed by atoms with van der Waals surface area (Å²) in [5.74, 6) is -1.55. The molecule has 0 saturated heterocycles. The van der Waals surface area contributed by atoms with Crippen molar-refractivity contribution >= 4 is 16.9 Å². The number of fused-ring (bicyclic) bond motifs is 1. The van der Waals surface area contributed by atoms with Gasteiger partial charge < -0.3 is 10.7 Å². The Morgan fingerprint density at radius 3 is 2.92 bits per heavy atom. The SMILES string of the molecule is N#CCn1cc(-c2nc(-c3c[nH]c4ncc(F)cc34)nc(N)c2F)cn1. The van der Waals surface area contributed by atoms with Crippen LogP contribution in [0.4, 0.5) is 14.6 Å². The summed E-state index contributed by atoms with van der Waals surface area (Å²) in [6.07, 6.45) is 5.49. The summed E-state index contributed by atoms with van der Waals surface area (Å²) < 4.78 is 29.3. The fraction of sp³-hybridized carbons (Fsp3) is 0.0625. The van der Waals surface area contributed by atoms with E-state index in [1.165, 1.54) is 23.1 Å². The molecule has 0 radical (unpaired) electrons. The van der Waals surface area contributed by atoms with E-state index in [0.717, 1.165) is 6.20 Å². The Kier molecular flexibility index (Phi) is 3.54. The van der Waals surface area contributed by atoms with Gasteiger partial charge in [-0.1, -0.05) is 0 Å². The predicted molar refractivity (Wildman–Crippen MR) is 88.3 cm³/mol. The number of halogens is 2. The van der Waals surface area contributed by atoms with E-state index in [0.29, 0.717) is 22.2 Å². The van der Waals surface area contributed by atoms with E-state index in [1.807, 2.05) is 6.07 Å². The molecule has 4 aromatic rings. The van der Waals surface area contributed by atoms with E-state index < -0.39 is 11.6 Å². The van der Waals surface area contributed by atoms with Crippen LogP contribution < -0.4 is 5.73 Å². The Hall–Kier alpha value is -3.87. The normalized spacial score (nSPS) is 11.0. The van der Waals surface area contributed by atoms with E-state index in [2.05, 4.69) is 25.0 Å². The van der Waals surface area contributed by atoms with E-state index in [4.69, 9.17) is 11.0 Å². The Labute approximate surface area is 144 Å². The lowest BCUT2D eigenvalue weighted by atomic mass is 10.2. The highest BCUT2D eigenvalue weighted by molar-refractivity contribution is 5.92. The fourth-order valence-corrected chi connectivity index (χ4v) is 2.58. The summed E-state index contributed by atoms with van der Waals surface area (Å²) in [4.78, 5) is 15.0. The van der Waals surface area contributed by atoms with Gasteiger partial charge >= 0.3 is 0 Å². The molecule has 8 nitrogen and oxygen atoms in total. The molecular weight excluding hydrogens is 342 g/mol. The molecule has 3 N–H and O–H groups in total. The molecule has 0 atom stereocenters. The molecule has 0 aliphatic heterocycles. The summed E-state index contributed by atoms with van der Waals surface area (Å²) in [6, 6.07) is 3.22. The minimum Gasteiger partial charge on any atom is -0.381 e. The van der Waals surface area contributed by atoms with Crippen molar-refractivity contribution in [2.45, 2.75) is 6.54 Å². The summed E-state index contributed by atoms with van der Waals surface area (Å²) in [5, 5.41) is 13.1. The van der Waals surface area contributed by atoms with E-state index in [1.54, 1.807) is 6.20 Å². The van der Waals surface area contributed by atoms with Gasteiger partial charge in [0.25, 0.3) is 0 Å². The number of nitriles is 1. The number of aromatic amines is 1. The van der Waals surface area contributed by atoms with Crippen LogP contribution in [0.5, 0.6) is 0 Å². The molecule has 10 heteroatoms. The van der Waals surface area contributed by atoms with Gasteiger partial charge in [-0.3, -0.25) is 4.68 Å². The number of pyridine rings is 1. The third-order valence-electron chi connectivity index (χ3n) is 3.75. The molecule has 0 unspecified atom stereocenters. The number of nitrogens with one attached hydrogen (secondary N) is 1. The Morgan fingerprint density at radius 2 is 2.12 bits per heavy atom. The molecule has 0 amide bonds. The Bertz CT molecular complexity index is 1170. The molecule has 0 aromatic carbocycles. The molecule has 0 spiro atoms. The third-order valence-corrected chi connectivity index (χ3v) is 3.75. The third kappa shape index (κ3) is 2.51. The highest BCUT2D eigenvalue weighted by Gasteiger charge is 2.19. The average molecular weight is 352 g/mol. The zero-order valence-corrected chi connectivity index (χ0v) is 13.1. The zero-order chi connectivity index (χ0) is 18.3. The van der Waals surface area contributed by atoms with Crippen molar-refractivity contribution in [3.05, 3.63) is 42.5 Å². The van der Waals surface area contributed by atoms with E-state index >= 15 is 0 Å². The summed E-state index contributed by atoms with van der Waals surface area (Å²) in [7, 11) is 0. The molecule has 128 valence electrons. The van der Waals surface area contributed by atoms with Crippen molar-refractivity contribution in [3.8, 4) is 28.7 Å². The highest BCUT2D eigenvalue weighted by atomic mass is 19.1. The van der Waals surface area contributed by atoms with Gasteiger partial charge in [-0.15, -0.1) is 0 Å². The van der Waals surface area contributed by atoms with Crippen molar-refractivity contribution in [1.82, 2.24) is 29.7 Å². The number of aromatic nitrogens is 6. The number of hydrogen-bond donors (Lipinski definition) is 2. The second-order valence-corrected chi connectivity index (χ2v) is 5.43. The van der Waals surface area contributed by atoms with Gasteiger partial charge in [-0.05, 0) is 6.07 Å². The quantitative estimate of drug-likeness (QED) is 0.583. The molecular formula is C16H10F2N8. The van der Waals surface area contributed by atoms with Gasteiger partial charge in [0, 0.05) is 28.9 Å². The number of rotatable bonds is 3. The van der Waals surface area contributed by atoms with Crippen LogP contribution >= 0.6 is 0 Å². The number of anilines is 1. The topological polar surface area (TPSA) is 122 Å². The van der Waals surface area contributed by atoms with Crippen LogP contribution in [-0.2, 0) is 6.54 Å². The van der Waals surface area contributed by atoms with Gasteiger partial charge in [0.2, 0.25) is 0 Å². The highest BCUT2D eigenvalue weighted by Crippen LogP contribution is 2.30. The average Bonchev–Trinajstić information content (AvgIpc) is 3.24. The first-order valence-corrected chi connectivity index (χ1v) is 7.42. The van der Waals surface area contributed by atoms with Crippen molar-refractivity contribution < 1.29 is 8.78 Å². The van der Waals surface area contributed by atoms with Gasteiger partial charge in [-0.2, -0.15) is 10.4 Å². The molecule has 4 rings (SSSR count). The molecule has 0 saturated carbocycles. The van der Waals surface area contributed by atoms with Crippen LogP contribution in [0.3, 0.4) is 0 Å². The molecule has 0 fully saturated rings. The number of hydrogen-bond acceptors (Lipinski definition) is 6. The summed E-state index contributed by atoms with van der Waals surface area (Å²) in [6.45, 7) is 0.0163. The largest absolute Gasteiger partial charge is 0.381 e. The number of nitrogen functional groups attached to an aromatic ring is 1. The van der Waals surface area contributed by atoms with Crippen LogP contribution in [0.1, 0.15) is 0 Å². The standard InChI is InChI=1S/C16H10F2N8/c17-9-3-10-11(6-22-15(10)21-5-9)16-24-13(12(18)14(20)25-16)8-4-23-26(7-8)2-1-19/h3-7H,2H2,(H,21,22)(H2,20,24,25). The van der Waals surface area contributed by atoms with Crippen LogP contribution in [0.15, 0.2) is 30.9 Å². The summed E-state index contributed by atoms with van der Waals surface area (Å²) in [5.41, 5.74) is 6.86. The van der Waals surface area contributed by atoms with Gasteiger partial charge in [0.15, 0.2) is 17.5 Å². The first-order valence-electron chi connectivity index (χ1n) is 7.42. The van der Waals surface area contributed by atoms with Gasteiger partial charge in [0.05, 0.1) is 18.5 Å². The lowest BCUT2D eigenvalue weighted by molar-refractivity contribution is 0.623. The number of nitrogens with zero attached hydrogens (tertiary/aromatic N) is 6. The molecule has 26 heavy (non-hydrogen) atoms. The van der Waals surface area contributed by atoms with E-state index in [9.17, 15) is 8.78 Å². The lowest BCUT2D eigenvalue weighted by Gasteiger charge is -2.06. The van der Waals surface area contributed by atoms with Crippen LogP contribution in [0.25, 0.3) is 33.7 Å². The number of nitrogens with two attached hydrogens (primary N) is 1. The van der Waals surface area contributed by atoms with Crippen molar-refractivity contribution in [2.24, 2.45) is 0 Å². The molecule has 0 aliphatic carbocycles. The minimum absolute atomic E-state index is 0.0163. The van der Waals surface area contributed by atoms with Crippen LogP contribution in [0.2, 0.25) is 0 Å². The maximum atomic E-state index is 14.4. The molecule has 0 bridgehead atoms. The summed E-state index contributed by atoms with van der Waals surface area (Å²) >= 11 is 0. The second kappa shape index (κ2) is 5.89. The fourth-order valence-electron chi connectivity index (χ4n) is 2.58. The molecule has 4 heterocycles. The maximum absolute atomic E-state index is 14.4. The van der Waals surface area contributed by atoms with Crippen molar-refractivity contribution in [1.29, 1.82) is 5.26 Å². The van der Waals surface area contributed by atoms with E-state index in [-0.39, 0.29) is 23.9 Å². The predicted octanol–water partition coefficient (Wildman–Crippen LogP) is 2.27. The maximum Gasteiger partial charge on any atom is 0.191 e. The second-order valence-electron chi connectivity index (χ2n) is 5.43. The monoisotopic (exact) mass is 352 g/mol. The lowest BCUT2D eigenvalue weighted by Crippen LogP contribution is -2.03. The van der Waals surface area contributed by atoms with Gasteiger partial charge in [-0.25, -0.2) is 23.7 Å². The van der Waals surface area contributed by atoms with Crippen molar-refractivity contribution in [2.75, 3.05) is 5.73 Å². The smallest absolute Gasteiger partial charge is 0.191 e. The first-order chi connectivity index (χ1) is 12.6. The van der Waals surface area contributed by atoms with Crippen LogP contribution in [0, 0.1) is 23.0 Å². The molecule has 0 aliphatic rings.